The first-order valence-electron chi connectivity index (χ1n) is 8.29. The molecule has 1 fully saturated rings. The summed E-state index contributed by atoms with van der Waals surface area (Å²) in [6, 6.07) is 5.27. The lowest BCUT2D eigenvalue weighted by Gasteiger charge is -2.32. The van der Waals surface area contributed by atoms with Gasteiger partial charge in [0.1, 0.15) is 6.61 Å². The molecular weight excluding hydrogens is 326 g/mol. The first-order chi connectivity index (χ1) is 12.2. The van der Waals surface area contributed by atoms with Crippen LogP contribution in [0.15, 0.2) is 22.7 Å². The molecule has 1 saturated heterocycles. The monoisotopic (exact) mass is 345 g/mol. The molecule has 0 spiro atoms. The van der Waals surface area contributed by atoms with Crippen LogP contribution < -0.4 is 9.47 Å². The molecule has 1 atom stereocenters. The lowest BCUT2D eigenvalue weighted by Crippen LogP contribution is -2.43. The lowest BCUT2D eigenvalue weighted by molar-refractivity contribution is -0.0153. The van der Waals surface area contributed by atoms with Crippen LogP contribution in [0.3, 0.4) is 0 Å². The highest BCUT2D eigenvalue weighted by molar-refractivity contribution is 5.95. The van der Waals surface area contributed by atoms with E-state index in [0.29, 0.717) is 41.9 Å². The summed E-state index contributed by atoms with van der Waals surface area (Å²) >= 11 is 0. The highest BCUT2D eigenvalue weighted by Gasteiger charge is 2.26. The standard InChI is InChI=1S/C17H19N3O5/c1-11-18-16(25-19-11)9-22-13-3-2-6-20(8-13)17(21)12-4-5-14-15(7-12)24-10-23-14/h4-5,7,13H,2-3,6,8-10H2,1H3. The molecule has 0 bridgehead atoms. The molecule has 0 aliphatic carbocycles. The Hall–Kier alpha value is -2.61. The van der Waals surface area contributed by atoms with E-state index in [0.717, 1.165) is 12.8 Å². The van der Waals surface area contributed by atoms with Gasteiger partial charge < -0.3 is 23.6 Å². The van der Waals surface area contributed by atoms with E-state index in [9.17, 15) is 4.79 Å². The van der Waals surface area contributed by atoms with Crippen molar-refractivity contribution in [3.8, 4) is 11.5 Å². The molecule has 8 heteroatoms. The Balaban J connectivity index is 1.37. The summed E-state index contributed by atoms with van der Waals surface area (Å²) in [6.07, 6.45) is 1.75. The van der Waals surface area contributed by atoms with Gasteiger partial charge in [-0.25, -0.2) is 0 Å². The molecule has 2 aliphatic heterocycles. The summed E-state index contributed by atoms with van der Waals surface area (Å²) in [5.41, 5.74) is 0.595. The fourth-order valence-corrected chi connectivity index (χ4v) is 3.06. The van der Waals surface area contributed by atoms with Crippen molar-refractivity contribution in [2.45, 2.75) is 32.5 Å². The van der Waals surface area contributed by atoms with Gasteiger partial charge in [-0.3, -0.25) is 4.79 Å². The average molecular weight is 345 g/mol. The molecule has 4 rings (SSSR count). The van der Waals surface area contributed by atoms with E-state index in [1.807, 2.05) is 4.90 Å². The molecule has 3 heterocycles. The van der Waals surface area contributed by atoms with Gasteiger partial charge in [0.15, 0.2) is 17.3 Å². The Kier molecular flexibility index (Phi) is 4.27. The summed E-state index contributed by atoms with van der Waals surface area (Å²) < 4.78 is 21.5. The summed E-state index contributed by atoms with van der Waals surface area (Å²) in [6.45, 7) is 3.48. The van der Waals surface area contributed by atoms with Crippen LogP contribution >= 0.6 is 0 Å². The molecule has 1 amide bonds. The molecule has 25 heavy (non-hydrogen) atoms. The van der Waals surface area contributed by atoms with Crippen LogP contribution in [0.2, 0.25) is 0 Å². The van der Waals surface area contributed by atoms with Gasteiger partial charge in [-0.15, -0.1) is 0 Å². The molecule has 0 saturated carbocycles. The predicted molar refractivity (Wildman–Crippen MR) is 85.3 cm³/mol. The molecule has 2 aromatic rings. The van der Waals surface area contributed by atoms with Gasteiger partial charge in [-0.05, 0) is 38.0 Å². The van der Waals surface area contributed by atoms with Crippen LogP contribution in [-0.2, 0) is 11.3 Å². The Morgan fingerprint density at radius 3 is 3.08 bits per heavy atom. The number of ether oxygens (including phenoxy) is 3. The third kappa shape index (κ3) is 3.43. The summed E-state index contributed by atoms with van der Waals surface area (Å²) in [5, 5.41) is 3.74. The Bertz CT molecular complexity index is 775. The maximum atomic E-state index is 12.8. The number of aromatic nitrogens is 2. The summed E-state index contributed by atoms with van der Waals surface area (Å²) in [5.74, 6) is 2.30. The van der Waals surface area contributed by atoms with Crippen molar-refractivity contribution in [3.63, 3.8) is 0 Å². The number of carbonyl (C=O) groups is 1. The third-order valence-electron chi connectivity index (χ3n) is 4.30. The van der Waals surface area contributed by atoms with Crippen LogP contribution in [0, 0.1) is 6.92 Å². The molecule has 0 radical (unpaired) electrons. The minimum absolute atomic E-state index is 0.0276. The Morgan fingerprint density at radius 1 is 1.36 bits per heavy atom. The number of likely N-dealkylation sites (tertiary alicyclic amines) is 1. The second kappa shape index (κ2) is 6.72. The minimum Gasteiger partial charge on any atom is -0.454 e. The van der Waals surface area contributed by atoms with E-state index in [1.165, 1.54) is 0 Å². The number of rotatable bonds is 4. The van der Waals surface area contributed by atoms with Crippen molar-refractivity contribution in [1.29, 1.82) is 0 Å². The van der Waals surface area contributed by atoms with Gasteiger partial charge in [0.2, 0.25) is 6.79 Å². The zero-order valence-electron chi connectivity index (χ0n) is 13.9. The second-order valence-corrected chi connectivity index (χ2v) is 6.13. The highest BCUT2D eigenvalue weighted by atomic mass is 16.7. The Morgan fingerprint density at radius 2 is 2.24 bits per heavy atom. The number of piperidine rings is 1. The zero-order valence-corrected chi connectivity index (χ0v) is 13.9. The molecule has 1 aromatic carbocycles. The van der Waals surface area contributed by atoms with Gasteiger partial charge >= 0.3 is 0 Å². The van der Waals surface area contributed by atoms with E-state index < -0.39 is 0 Å². The largest absolute Gasteiger partial charge is 0.454 e. The fourth-order valence-electron chi connectivity index (χ4n) is 3.06. The third-order valence-corrected chi connectivity index (χ3v) is 4.30. The molecule has 0 N–H and O–H groups in total. The van der Waals surface area contributed by atoms with Crippen LogP contribution in [-0.4, -0.2) is 46.9 Å². The number of benzene rings is 1. The van der Waals surface area contributed by atoms with Crippen molar-refractivity contribution >= 4 is 5.91 Å². The van der Waals surface area contributed by atoms with E-state index in [1.54, 1.807) is 25.1 Å². The van der Waals surface area contributed by atoms with Crippen LogP contribution in [0.1, 0.15) is 34.9 Å². The molecule has 2 aliphatic rings. The molecule has 8 nitrogen and oxygen atoms in total. The van der Waals surface area contributed by atoms with Crippen LogP contribution in [0.4, 0.5) is 0 Å². The number of hydrogen-bond donors (Lipinski definition) is 0. The first kappa shape index (κ1) is 15.9. The maximum absolute atomic E-state index is 12.8. The second-order valence-electron chi connectivity index (χ2n) is 6.13. The summed E-state index contributed by atoms with van der Waals surface area (Å²) in [7, 11) is 0. The normalized spacial score (nSPS) is 19.2. The van der Waals surface area contributed by atoms with Crippen molar-refractivity contribution in [2.24, 2.45) is 0 Å². The average Bonchev–Trinajstić information content (AvgIpc) is 3.27. The number of aryl methyl sites for hydroxylation is 1. The quantitative estimate of drug-likeness (QED) is 0.836. The number of amides is 1. The topological polar surface area (TPSA) is 86.9 Å². The smallest absolute Gasteiger partial charge is 0.254 e. The van der Waals surface area contributed by atoms with Crippen molar-refractivity contribution in [2.75, 3.05) is 19.9 Å². The Labute approximate surface area is 144 Å². The van der Waals surface area contributed by atoms with Gasteiger partial charge in [-0.2, -0.15) is 4.98 Å². The lowest BCUT2D eigenvalue weighted by atomic mass is 10.1. The highest BCUT2D eigenvalue weighted by Crippen LogP contribution is 2.33. The van der Waals surface area contributed by atoms with Gasteiger partial charge in [0.25, 0.3) is 11.8 Å². The van der Waals surface area contributed by atoms with Crippen molar-refractivity contribution in [1.82, 2.24) is 15.0 Å². The van der Waals surface area contributed by atoms with Gasteiger partial charge in [-0.1, -0.05) is 5.16 Å². The van der Waals surface area contributed by atoms with Crippen LogP contribution in [0.25, 0.3) is 0 Å². The molecule has 132 valence electrons. The maximum Gasteiger partial charge on any atom is 0.254 e. The number of hydrogen-bond acceptors (Lipinski definition) is 7. The number of nitrogens with zero attached hydrogens (tertiary/aromatic N) is 3. The minimum atomic E-state index is -0.0427. The van der Waals surface area contributed by atoms with Crippen molar-refractivity contribution < 1.29 is 23.5 Å². The van der Waals surface area contributed by atoms with Gasteiger partial charge in [0, 0.05) is 18.7 Å². The van der Waals surface area contributed by atoms with E-state index in [4.69, 9.17) is 18.7 Å². The number of carbonyl (C=O) groups excluding carboxylic acids is 1. The van der Waals surface area contributed by atoms with Crippen molar-refractivity contribution in [3.05, 3.63) is 35.5 Å². The molecule has 1 aromatic heterocycles. The first-order valence-corrected chi connectivity index (χ1v) is 8.29. The zero-order chi connectivity index (χ0) is 17.2. The summed E-state index contributed by atoms with van der Waals surface area (Å²) in [4.78, 5) is 18.7. The fraction of sp³-hybridized carbons (Fsp3) is 0.471. The van der Waals surface area contributed by atoms with Crippen LogP contribution in [0.5, 0.6) is 11.5 Å². The predicted octanol–water partition coefficient (Wildman–Crippen LogP) is 1.93. The number of fused-ring (bicyclic) bond motifs is 1. The van der Waals surface area contributed by atoms with Gasteiger partial charge in [0.05, 0.1) is 6.10 Å². The SMILES string of the molecule is Cc1noc(COC2CCCN(C(=O)c3ccc4c(c3)OCO4)C2)n1. The molecular formula is C17H19N3O5. The van der Waals surface area contributed by atoms with E-state index >= 15 is 0 Å². The van der Waals surface area contributed by atoms with E-state index in [2.05, 4.69) is 10.1 Å². The van der Waals surface area contributed by atoms with E-state index in [-0.39, 0.29) is 25.4 Å². The molecule has 1 unspecified atom stereocenters.